The smallest absolute Gasteiger partial charge is 0.313 e. The Morgan fingerprint density at radius 1 is 1.11 bits per heavy atom. The highest BCUT2D eigenvalue weighted by molar-refractivity contribution is 5.90. The second-order valence-corrected chi connectivity index (χ2v) is 3.65. The van der Waals surface area contributed by atoms with Gasteiger partial charge in [0.1, 0.15) is 11.6 Å². The number of benzene rings is 2. The Morgan fingerprint density at radius 2 is 1.84 bits per heavy atom. The molecule has 3 nitrogen and oxygen atoms in total. The lowest BCUT2D eigenvalue weighted by Gasteiger charge is -1.98. The van der Waals surface area contributed by atoms with Crippen LogP contribution in [0, 0.1) is 11.6 Å². The van der Waals surface area contributed by atoms with Crippen molar-refractivity contribution in [3.8, 4) is 0 Å². The molecule has 0 saturated carbocycles. The number of hydrogen-bond acceptors (Lipinski definition) is 3. The standard InChI is InChI=1S/C14H9F2NO2/c15-12-7-6-11(13(16)8-12)9-17-19-14(18)10-4-2-1-3-5-10/h1-9H/b17-9+. The molecule has 0 aliphatic heterocycles. The van der Waals surface area contributed by atoms with E-state index < -0.39 is 17.6 Å². The van der Waals surface area contributed by atoms with E-state index >= 15 is 0 Å². The van der Waals surface area contributed by atoms with Crippen LogP contribution in [-0.4, -0.2) is 12.2 Å². The lowest BCUT2D eigenvalue weighted by Crippen LogP contribution is -2.00. The third-order valence-electron chi connectivity index (χ3n) is 2.30. The summed E-state index contributed by atoms with van der Waals surface area (Å²) in [5.41, 5.74) is 0.362. The second kappa shape index (κ2) is 5.86. The van der Waals surface area contributed by atoms with Crippen molar-refractivity contribution in [3.05, 3.63) is 71.3 Å². The molecule has 0 atom stereocenters. The number of halogens is 2. The molecule has 0 amide bonds. The molecule has 0 spiro atoms. The molecular weight excluding hydrogens is 252 g/mol. The maximum atomic E-state index is 13.2. The maximum Gasteiger partial charge on any atom is 0.365 e. The molecular formula is C14H9F2NO2. The zero-order valence-electron chi connectivity index (χ0n) is 9.72. The quantitative estimate of drug-likeness (QED) is 0.483. The van der Waals surface area contributed by atoms with Crippen LogP contribution in [0.1, 0.15) is 15.9 Å². The number of rotatable bonds is 3. The molecule has 2 aromatic carbocycles. The van der Waals surface area contributed by atoms with Gasteiger partial charge in [-0.2, -0.15) is 0 Å². The van der Waals surface area contributed by atoms with E-state index in [1.165, 1.54) is 6.07 Å². The van der Waals surface area contributed by atoms with E-state index in [-0.39, 0.29) is 5.56 Å². The molecule has 2 rings (SSSR count). The predicted molar refractivity (Wildman–Crippen MR) is 65.8 cm³/mol. The summed E-state index contributed by atoms with van der Waals surface area (Å²) in [6.45, 7) is 0. The van der Waals surface area contributed by atoms with Crippen molar-refractivity contribution < 1.29 is 18.4 Å². The van der Waals surface area contributed by atoms with Crippen LogP contribution in [0.25, 0.3) is 0 Å². The predicted octanol–water partition coefficient (Wildman–Crippen LogP) is 3.16. The fourth-order valence-electron chi connectivity index (χ4n) is 1.36. The number of nitrogens with zero attached hydrogens (tertiary/aromatic N) is 1. The molecule has 0 bridgehead atoms. The largest absolute Gasteiger partial charge is 0.365 e. The number of carbonyl (C=O) groups excluding carboxylic acids is 1. The molecule has 0 aliphatic rings. The van der Waals surface area contributed by atoms with Gasteiger partial charge in [-0.05, 0) is 24.3 Å². The van der Waals surface area contributed by atoms with Crippen molar-refractivity contribution in [2.45, 2.75) is 0 Å². The second-order valence-electron chi connectivity index (χ2n) is 3.65. The Morgan fingerprint density at radius 3 is 2.53 bits per heavy atom. The van der Waals surface area contributed by atoms with Crippen molar-refractivity contribution >= 4 is 12.2 Å². The van der Waals surface area contributed by atoms with Gasteiger partial charge in [0.25, 0.3) is 0 Å². The van der Waals surface area contributed by atoms with Crippen molar-refractivity contribution in [3.63, 3.8) is 0 Å². The normalized spacial score (nSPS) is 10.6. The van der Waals surface area contributed by atoms with Crippen LogP contribution >= 0.6 is 0 Å². The lowest BCUT2D eigenvalue weighted by molar-refractivity contribution is 0.0519. The first kappa shape index (κ1) is 12.9. The van der Waals surface area contributed by atoms with E-state index in [1.807, 2.05) is 0 Å². The van der Waals surface area contributed by atoms with Gasteiger partial charge in [0.15, 0.2) is 0 Å². The van der Waals surface area contributed by atoms with Crippen LogP contribution in [0.3, 0.4) is 0 Å². The Hall–Kier alpha value is -2.56. The third kappa shape index (κ3) is 3.45. The summed E-state index contributed by atoms with van der Waals surface area (Å²) in [6, 6.07) is 11.3. The molecule has 5 heteroatoms. The van der Waals surface area contributed by atoms with E-state index in [2.05, 4.69) is 9.99 Å². The first-order chi connectivity index (χ1) is 9.16. The number of oxime groups is 1. The lowest BCUT2D eigenvalue weighted by atomic mass is 10.2. The third-order valence-corrected chi connectivity index (χ3v) is 2.30. The number of hydrogen-bond donors (Lipinski definition) is 0. The van der Waals surface area contributed by atoms with Gasteiger partial charge in [0.05, 0.1) is 11.8 Å². The summed E-state index contributed by atoms with van der Waals surface area (Å²) in [4.78, 5) is 16.1. The van der Waals surface area contributed by atoms with Crippen LogP contribution in [0.2, 0.25) is 0 Å². The zero-order chi connectivity index (χ0) is 13.7. The maximum absolute atomic E-state index is 13.2. The highest BCUT2D eigenvalue weighted by Gasteiger charge is 2.05. The topological polar surface area (TPSA) is 38.7 Å². The molecule has 96 valence electrons. The molecule has 0 aromatic heterocycles. The zero-order valence-corrected chi connectivity index (χ0v) is 9.72. The molecule has 19 heavy (non-hydrogen) atoms. The highest BCUT2D eigenvalue weighted by Crippen LogP contribution is 2.07. The highest BCUT2D eigenvalue weighted by atomic mass is 19.1. The minimum absolute atomic E-state index is 0.0299. The van der Waals surface area contributed by atoms with Gasteiger partial charge in [-0.25, -0.2) is 13.6 Å². The Kier molecular flexibility index (Phi) is 3.97. The van der Waals surface area contributed by atoms with Crippen molar-refractivity contribution in [2.24, 2.45) is 5.16 Å². The van der Waals surface area contributed by atoms with Crippen molar-refractivity contribution in [1.29, 1.82) is 0 Å². The number of carbonyl (C=O) groups is 1. The minimum atomic E-state index is -0.778. The average molecular weight is 261 g/mol. The van der Waals surface area contributed by atoms with Gasteiger partial charge in [-0.1, -0.05) is 23.4 Å². The molecule has 0 aliphatic carbocycles. The van der Waals surface area contributed by atoms with E-state index in [1.54, 1.807) is 30.3 Å². The van der Waals surface area contributed by atoms with E-state index in [0.29, 0.717) is 5.56 Å². The van der Waals surface area contributed by atoms with Crippen LogP contribution < -0.4 is 0 Å². The Balaban J connectivity index is 2.02. The fourth-order valence-corrected chi connectivity index (χ4v) is 1.36. The SMILES string of the molecule is O=C(O/N=C/c1ccc(F)cc1F)c1ccccc1. The molecule has 0 fully saturated rings. The van der Waals surface area contributed by atoms with E-state index in [4.69, 9.17) is 0 Å². The monoisotopic (exact) mass is 261 g/mol. The molecule has 0 saturated heterocycles. The summed E-state index contributed by atoms with van der Waals surface area (Å²) in [5, 5.41) is 3.37. The summed E-state index contributed by atoms with van der Waals surface area (Å²) in [6.07, 6.45) is 1.01. The van der Waals surface area contributed by atoms with Gasteiger partial charge >= 0.3 is 5.97 Å². The van der Waals surface area contributed by atoms with Crippen LogP contribution in [0.4, 0.5) is 8.78 Å². The average Bonchev–Trinajstić information content (AvgIpc) is 2.42. The van der Waals surface area contributed by atoms with Gasteiger partial charge in [0, 0.05) is 11.6 Å². The molecule has 0 radical (unpaired) electrons. The molecule has 0 heterocycles. The van der Waals surface area contributed by atoms with Gasteiger partial charge in [-0.3, -0.25) is 0 Å². The van der Waals surface area contributed by atoms with Gasteiger partial charge in [-0.15, -0.1) is 0 Å². The van der Waals surface area contributed by atoms with Crippen molar-refractivity contribution in [2.75, 3.05) is 0 Å². The van der Waals surface area contributed by atoms with Gasteiger partial charge < -0.3 is 4.84 Å². The Labute approximate surface area is 108 Å². The van der Waals surface area contributed by atoms with Gasteiger partial charge in [0.2, 0.25) is 0 Å². The van der Waals surface area contributed by atoms with Crippen LogP contribution in [0.15, 0.2) is 53.7 Å². The molecule has 2 aromatic rings. The minimum Gasteiger partial charge on any atom is -0.313 e. The first-order valence-corrected chi connectivity index (χ1v) is 5.41. The summed E-state index contributed by atoms with van der Waals surface area (Å²) < 4.78 is 25.9. The van der Waals surface area contributed by atoms with Crippen molar-refractivity contribution in [1.82, 2.24) is 0 Å². The van der Waals surface area contributed by atoms with Crippen LogP contribution in [0.5, 0.6) is 0 Å². The summed E-state index contributed by atoms with van der Waals surface area (Å²) in [5.74, 6) is -2.12. The van der Waals surface area contributed by atoms with E-state index in [0.717, 1.165) is 18.3 Å². The Bertz CT molecular complexity index is 612. The fraction of sp³-hybridized carbons (Fsp3) is 0. The van der Waals surface area contributed by atoms with Crippen LogP contribution in [-0.2, 0) is 4.84 Å². The molecule has 0 unspecified atom stereocenters. The van der Waals surface area contributed by atoms with E-state index in [9.17, 15) is 13.6 Å². The summed E-state index contributed by atoms with van der Waals surface area (Å²) >= 11 is 0. The summed E-state index contributed by atoms with van der Waals surface area (Å²) in [7, 11) is 0. The molecule has 0 N–H and O–H groups in total. The first-order valence-electron chi connectivity index (χ1n) is 5.41.